The second-order valence-electron chi connectivity index (χ2n) is 3.56. The Morgan fingerprint density at radius 1 is 1.50 bits per heavy atom. The Kier molecular flexibility index (Phi) is 3.16. The number of carboxylic acids is 1. The molecule has 0 bridgehead atoms. The number of hydrogen-bond acceptors (Lipinski definition) is 4. The Morgan fingerprint density at radius 3 is 2.57 bits per heavy atom. The number of tetrazole rings is 1. The first-order valence-electron chi connectivity index (χ1n) is 4.52. The van der Waals surface area contributed by atoms with E-state index >= 15 is 0 Å². The van der Waals surface area contributed by atoms with E-state index < -0.39 is 11.9 Å². The summed E-state index contributed by atoms with van der Waals surface area (Å²) in [6.45, 7) is 5.50. The summed E-state index contributed by atoms with van der Waals surface area (Å²) in [6, 6.07) is 0.149. The van der Waals surface area contributed by atoms with Crippen molar-refractivity contribution in [2.45, 2.75) is 33.2 Å². The molecule has 0 radical (unpaired) electrons. The van der Waals surface area contributed by atoms with E-state index in [0.717, 1.165) is 0 Å². The highest BCUT2D eigenvalue weighted by molar-refractivity contribution is 5.69. The zero-order chi connectivity index (χ0) is 10.7. The quantitative estimate of drug-likeness (QED) is 0.762. The molecule has 0 aliphatic rings. The molecule has 78 valence electrons. The number of carbonyl (C=O) groups is 1. The van der Waals surface area contributed by atoms with Crippen LogP contribution in [-0.2, 0) is 11.2 Å². The van der Waals surface area contributed by atoms with Crippen LogP contribution in [0.3, 0.4) is 0 Å². The number of nitrogens with zero attached hydrogens (tertiary/aromatic N) is 4. The molecule has 6 nitrogen and oxygen atoms in total. The highest BCUT2D eigenvalue weighted by Crippen LogP contribution is 2.04. The first kappa shape index (κ1) is 10.6. The van der Waals surface area contributed by atoms with E-state index in [9.17, 15) is 4.79 Å². The lowest BCUT2D eigenvalue weighted by Gasteiger charge is -2.01. The monoisotopic (exact) mass is 198 g/mol. The lowest BCUT2D eigenvalue weighted by Crippen LogP contribution is -2.13. The lowest BCUT2D eigenvalue weighted by atomic mass is 10.1. The summed E-state index contributed by atoms with van der Waals surface area (Å²) in [5.74, 6) is -0.834. The van der Waals surface area contributed by atoms with Gasteiger partial charge in [0.15, 0.2) is 5.82 Å². The van der Waals surface area contributed by atoms with Crippen LogP contribution >= 0.6 is 0 Å². The van der Waals surface area contributed by atoms with Gasteiger partial charge in [-0.25, -0.2) is 0 Å². The maximum absolute atomic E-state index is 10.6. The van der Waals surface area contributed by atoms with Gasteiger partial charge in [-0.1, -0.05) is 6.92 Å². The molecule has 1 atom stereocenters. The van der Waals surface area contributed by atoms with Crippen molar-refractivity contribution in [1.29, 1.82) is 0 Å². The highest BCUT2D eigenvalue weighted by Gasteiger charge is 2.15. The van der Waals surface area contributed by atoms with Gasteiger partial charge < -0.3 is 5.11 Å². The minimum Gasteiger partial charge on any atom is -0.481 e. The Labute approximate surface area is 81.9 Å². The third-order valence-corrected chi connectivity index (χ3v) is 1.84. The SMILES string of the molecule is CC(Cc1nnn(C(C)C)n1)C(=O)O. The second-order valence-corrected chi connectivity index (χ2v) is 3.56. The van der Waals surface area contributed by atoms with E-state index in [1.165, 1.54) is 4.80 Å². The molecule has 6 heteroatoms. The van der Waals surface area contributed by atoms with Crippen LogP contribution in [0.5, 0.6) is 0 Å². The van der Waals surface area contributed by atoms with Crippen LogP contribution in [0.2, 0.25) is 0 Å². The summed E-state index contributed by atoms with van der Waals surface area (Å²) in [5, 5.41) is 20.3. The fourth-order valence-corrected chi connectivity index (χ4v) is 0.917. The van der Waals surface area contributed by atoms with Gasteiger partial charge in [-0.3, -0.25) is 4.79 Å². The molecule has 1 aromatic heterocycles. The van der Waals surface area contributed by atoms with Crippen LogP contribution in [0.1, 0.15) is 32.6 Å². The molecule has 1 unspecified atom stereocenters. The van der Waals surface area contributed by atoms with Crippen LogP contribution in [0.15, 0.2) is 0 Å². The molecule has 14 heavy (non-hydrogen) atoms. The Hall–Kier alpha value is -1.46. The molecule has 0 saturated carbocycles. The molecule has 1 rings (SSSR count). The smallest absolute Gasteiger partial charge is 0.306 e. The van der Waals surface area contributed by atoms with Crippen molar-refractivity contribution in [1.82, 2.24) is 20.2 Å². The highest BCUT2D eigenvalue weighted by atomic mass is 16.4. The Morgan fingerprint density at radius 2 is 2.14 bits per heavy atom. The predicted octanol–water partition coefficient (Wildman–Crippen LogP) is 0.517. The maximum Gasteiger partial charge on any atom is 0.306 e. The van der Waals surface area contributed by atoms with Crippen LogP contribution < -0.4 is 0 Å². The summed E-state index contributed by atoms with van der Waals surface area (Å²) in [5.41, 5.74) is 0. The third-order valence-electron chi connectivity index (χ3n) is 1.84. The van der Waals surface area contributed by atoms with E-state index in [1.54, 1.807) is 6.92 Å². The zero-order valence-corrected chi connectivity index (χ0v) is 8.51. The normalized spacial score (nSPS) is 13.1. The second kappa shape index (κ2) is 4.17. The first-order valence-corrected chi connectivity index (χ1v) is 4.52. The van der Waals surface area contributed by atoms with Gasteiger partial charge in [0.2, 0.25) is 0 Å². The molecule has 1 heterocycles. The van der Waals surface area contributed by atoms with Gasteiger partial charge >= 0.3 is 5.97 Å². The van der Waals surface area contributed by atoms with Gasteiger partial charge in [-0.15, -0.1) is 10.2 Å². The minimum atomic E-state index is -0.842. The van der Waals surface area contributed by atoms with Gasteiger partial charge in [0.25, 0.3) is 0 Å². The van der Waals surface area contributed by atoms with E-state index in [1.807, 2.05) is 13.8 Å². The minimum absolute atomic E-state index is 0.149. The molecular formula is C8H14N4O2. The lowest BCUT2D eigenvalue weighted by molar-refractivity contribution is -0.141. The van der Waals surface area contributed by atoms with Gasteiger partial charge in [0.1, 0.15) is 0 Å². The standard InChI is InChI=1S/C8H14N4O2/c1-5(2)12-10-7(9-11-12)4-6(3)8(13)14/h5-6H,4H2,1-3H3,(H,13,14). The van der Waals surface area contributed by atoms with Crippen molar-refractivity contribution >= 4 is 5.97 Å². The van der Waals surface area contributed by atoms with E-state index in [0.29, 0.717) is 12.2 Å². The topological polar surface area (TPSA) is 80.9 Å². The predicted molar refractivity (Wildman–Crippen MR) is 48.7 cm³/mol. The summed E-state index contributed by atoms with van der Waals surface area (Å²) < 4.78 is 0. The zero-order valence-electron chi connectivity index (χ0n) is 8.51. The van der Waals surface area contributed by atoms with Gasteiger partial charge in [-0.2, -0.15) is 4.80 Å². The van der Waals surface area contributed by atoms with Gasteiger partial charge in [-0.05, 0) is 19.1 Å². The molecule has 0 fully saturated rings. The van der Waals surface area contributed by atoms with Crippen molar-refractivity contribution < 1.29 is 9.90 Å². The molecular weight excluding hydrogens is 184 g/mol. The summed E-state index contributed by atoms with van der Waals surface area (Å²) in [4.78, 5) is 12.0. The number of carboxylic acid groups (broad SMARTS) is 1. The molecule has 0 amide bonds. The molecule has 0 aliphatic carbocycles. The average molecular weight is 198 g/mol. The van der Waals surface area contributed by atoms with Crippen molar-refractivity contribution in [3.05, 3.63) is 5.82 Å². The number of aliphatic carboxylic acids is 1. The Bertz CT molecular complexity index is 321. The molecule has 0 aliphatic heterocycles. The third kappa shape index (κ3) is 2.51. The van der Waals surface area contributed by atoms with Gasteiger partial charge in [0, 0.05) is 6.42 Å². The number of aromatic nitrogens is 4. The van der Waals surface area contributed by atoms with Crippen molar-refractivity contribution in [2.75, 3.05) is 0 Å². The summed E-state index contributed by atoms with van der Waals surface area (Å²) >= 11 is 0. The van der Waals surface area contributed by atoms with E-state index in [-0.39, 0.29) is 6.04 Å². The number of hydrogen-bond donors (Lipinski definition) is 1. The van der Waals surface area contributed by atoms with Gasteiger partial charge in [0.05, 0.1) is 12.0 Å². The Balaban J connectivity index is 2.64. The largest absolute Gasteiger partial charge is 0.481 e. The van der Waals surface area contributed by atoms with E-state index in [4.69, 9.17) is 5.11 Å². The fourth-order valence-electron chi connectivity index (χ4n) is 0.917. The van der Waals surface area contributed by atoms with Crippen LogP contribution in [0.4, 0.5) is 0 Å². The molecule has 0 spiro atoms. The molecule has 0 aromatic carbocycles. The molecule has 0 saturated heterocycles. The first-order chi connectivity index (χ1) is 6.50. The molecule has 1 N–H and O–H groups in total. The average Bonchev–Trinajstić information content (AvgIpc) is 2.52. The van der Waals surface area contributed by atoms with Crippen LogP contribution in [0, 0.1) is 5.92 Å². The fraction of sp³-hybridized carbons (Fsp3) is 0.750. The van der Waals surface area contributed by atoms with E-state index in [2.05, 4.69) is 15.4 Å². The number of rotatable bonds is 4. The molecule has 1 aromatic rings. The summed E-state index contributed by atoms with van der Waals surface area (Å²) in [7, 11) is 0. The maximum atomic E-state index is 10.6. The van der Waals surface area contributed by atoms with Crippen molar-refractivity contribution in [3.63, 3.8) is 0 Å². The van der Waals surface area contributed by atoms with Crippen molar-refractivity contribution in [2.24, 2.45) is 5.92 Å². The van der Waals surface area contributed by atoms with Crippen LogP contribution in [-0.4, -0.2) is 31.3 Å². The van der Waals surface area contributed by atoms with Crippen molar-refractivity contribution in [3.8, 4) is 0 Å². The summed E-state index contributed by atoms with van der Waals surface area (Å²) in [6.07, 6.45) is 0.321. The van der Waals surface area contributed by atoms with Crippen LogP contribution in [0.25, 0.3) is 0 Å².